The number of ether oxygens (including phenoxy) is 1. The van der Waals surface area contributed by atoms with Crippen LogP contribution in [0.4, 0.5) is 0 Å². The molecular weight excluding hydrogens is 228 g/mol. The number of hydrogen-bond donors (Lipinski definition) is 0. The minimum Gasteiger partial charge on any atom is -0.500 e. The molecule has 0 fully saturated rings. The predicted octanol–water partition coefficient (Wildman–Crippen LogP) is 3.88. The van der Waals surface area contributed by atoms with Gasteiger partial charge in [0, 0.05) is 0 Å². The first-order valence-electron chi connectivity index (χ1n) is 4.49. The van der Waals surface area contributed by atoms with Gasteiger partial charge in [0.25, 0.3) is 0 Å². The highest BCUT2D eigenvalue weighted by Crippen LogP contribution is 2.27. The molecule has 0 N–H and O–H groups in total. The second kappa shape index (κ2) is 7.54. The van der Waals surface area contributed by atoms with Gasteiger partial charge in [-0.1, -0.05) is 34.2 Å². The molecule has 0 atom stereocenters. The molecule has 2 nitrogen and oxygen atoms in total. The van der Waals surface area contributed by atoms with E-state index in [1.54, 1.807) is 41.0 Å². The second-order valence-electron chi connectivity index (χ2n) is 2.68. The molecule has 1 aromatic rings. The molecule has 0 aliphatic heterocycles. The smallest absolute Gasteiger partial charge is 0.114 e. The van der Waals surface area contributed by atoms with Crippen molar-refractivity contribution in [3.8, 4) is 0 Å². The molecule has 0 bridgehead atoms. The van der Waals surface area contributed by atoms with Gasteiger partial charge in [0.15, 0.2) is 0 Å². The molecule has 0 radical (unpaired) electrons. The van der Waals surface area contributed by atoms with E-state index in [9.17, 15) is 0 Å². The van der Waals surface area contributed by atoms with Gasteiger partial charge in [-0.25, -0.2) is 0 Å². The van der Waals surface area contributed by atoms with Gasteiger partial charge in [-0.05, 0) is 18.2 Å². The van der Waals surface area contributed by atoms with E-state index in [2.05, 4.69) is 6.58 Å². The Morgan fingerprint density at radius 1 is 1.60 bits per heavy atom. The maximum Gasteiger partial charge on any atom is 0.114 e. The van der Waals surface area contributed by atoms with Crippen molar-refractivity contribution in [2.45, 2.75) is 5.75 Å². The van der Waals surface area contributed by atoms with Gasteiger partial charge >= 0.3 is 0 Å². The number of rotatable bonds is 7. The van der Waals surface area contributed by atoms with Crippen LogP contribution in [0, 0.1) is 0 Å². The Kier molecular flexibility index (Phi) is 6.20. The van der Waals surface area contributed by atoms with Crippen molar-refractivity contribution < 1.29 is 9.15 Å². The van der Waals surface area contributed by atoms with Gasteiger partial charge < -0.3 is 9.15 Å². The highest BCUT2D eigenvalue weighted by atomic mass is 33.1. The Balaban J connectivity index is 2.16. The zero-order valence-electron chi connectivity index (χ0n) is 8.64. The van der Waals surface area contributed by atoms with Crippen molar-refractivity contribution >= 4 is 21.6 Å². The maximum atomic E-state index is 5.22. The van der Waals surface area contributed by atoms with Crippen LogP contribution in [0.3, 0.4) is 0 Å². The molecule has 0 saturated carbocycles. The zero-order chi connectivity index (χ0) is 10.9. The summed E-state index contributed by atoms with van der Waals surface area (Å²) < 4.78 is 10.4. The third-order valence-electron chi connectivity index (χ3n) is 1.63. The molecule has 4 heteroatoms. The van der Waals surface area contributed by atoms with Gasteiger partial charge in [0.05, 0.1) is 24.9 Å². The van der Waals surface area contributed by atoms with Crippen LogP contribution in [0.2, 0.25) is 0 Å². The molecule has 0 aliphatic rings. The van der Waals surface area contributed by atoms with E-state index in [4.69, 9.17) is 9.15 Å². The average molecular weight is 242 g/mol. The Bertz CT molecular complexity index is 304. The van der Waals surface area contributed by atoms with E-state index >= 15 is 0 Å². The third-order valence-corrected chi connectivity index (χ3v) is 3.81. The van der Waals surface area contributed by atoms with Crippen molar-refractivity contribution in [2.24, 2.45) is 0 Å². The molecular formula is C11H14O2S2. The third kappa shape index (κ3) is 5.04. The average Bonchev–Trinajstić information content (AvgIpc) is 2.75. The first kappa shape index (κ1) is 12.3. The van der Waals surface area contributed by atoms with Crippen LogP contribution in [0.15, 0.2) is 47.3 Å². The fourth-order valence-electron chi connectivity index (χ4n) is 0.901. The highest BCUT2D eigenvalue weighted by molar-refractivity contribution is 8.76. The van der Waals surface area contributed by atoms with Crippen molar-refractivity contribution in [2.75, 3.05) is 12.9 Å². The molecule has 1 aromatic heterocycles. The lowest BCUT2D eigenvalue weighted by Crippen LogP contribution is -1.88. The Morgan fingerprint density at radius 2 is 2.47 bits per heavy atom. The van der Waals surface area contributed by atoms with Gasteiger partial charge in [-0.15, -0.1) is 0 Å². The maximum absolute atomic E-state index is 5.22. The van der Waals surface area contributed by atoms with Crippen molar-refractivity contribution in [1.82, 2.24) is 0 Å². The topological polar surface area (TPSA) is 22.4 Å². The fraction of sp³-hybridized carbons (Fsp3) is 0.273. The molecule has 15 heavy (non-hydrogen) atoms. The zero-order valence-corrected chi connectivity index (χ0v) is 10.3. The molecule has 1 rings (SSSR count). The van der Waals surface area contributed by atoms with E-state index in [1.165, 1.54) is 0 Å². The van der Waals surface area contributed by atoms with Gasteiger partial charge in [0.1, 0.15) is 11.5 Å². The van der Waals surface area contributed by atoms with Crippen molar-refractivity contribution in [3.63, 3.8) is 0 Å². The summed E-state index contributed by atoms with van der Waals surface area (Å²) in [7, 11) is 5.16. The van der Waals surface area contributed by atoms with E-state index in [1.807, 2.05) is 18.2 Å². The van der Waals surface area contributed by atoms with Crippen LogP contribution in [-0.2, 0) is 10.5 Å². The summed E-state index contributed by atoms with van der Waals surface area (Å²) in [6.07, 6.45) is 5.30. The largest absolute Gasteiger partial charge is 0.500 e. The van der Waals surface area contributed by atoms with E-state index < -0.39 is 0 Å². The molecule has 1 heterocycles. The lowest BCUT2D eigenvalue weighted by atomic mass is 10.5. The summed E-state index contributed by atoms with van der Waals surface area (Å²) in [5.41, 5.74) is 0. The second-order valence-corrected chi connectivity index (χ2v) is 5.14. The first-order chi connectivity index (χ1) is 7.36. The van der Waals surface area contributed by atoms with Gasteiger partial charge in [-0.3, -0.25) is 0 Å². The van der Waals surface area contributed by atoms with Crippen LogP contribution in [0.1, 0.15) is 5.76 Å². The molecule has 0 amide bonds. The summed E-state index contributed by atoms with van der Waals surface area (Å²) >= 11 is 0. The quantitative estimate of drug-likeness (QED) is 0.313. The Hall–Kier alpha value is -0.740. The van der Waals surface area contributed by atoms with Crippen LogP contribution >= 0.6 is 21.6 Å². The molecule has 82 valence electrons. The number of hydrogen-bond acceptors (Lipinski definition) is 4. The molecule has 0 saturated heterocycles. The Morgan fingerprint density at radius 3 is 3.07 bits per heavy atom. The molecule has 0 spiro atoms. The summed E-state index contributed by atoms with van der Waals surface area (Å²) in [6.45, 7) is 3.63. The van der Waals surface area contributed by atoms with Crippen molar-refractivity contribution in [3.05, 3.63) is 48.6 Å². The van der Waals surface area contributed by atoms with Gasteiger partial charge in [0.2, 0.25) is 0 Å². The lowest BCUT2D eigenvalue weighted by molar-refractivity contribution is 0.296. The van der Waals surface area contributed by atoms with Crippen LogP contribution in [-0.4, -0.2) is 12.9 Å². The summed E-state index contributed by atoms with van der Waals surface area (Å²) in [5, 5.41) is 0. The molecule has 0 aliphatic carbocycles. The Labute approximate surface area is 98.2 Å². The van der Waals surface area contributed by atoms with E-state index in [0.29, 0.717) is 0 Å². The summed E-state index contributed by atoms with van der Waals surface area (Å²) in [6, 6.07) is 3.88. The standard InChI is InChI=1S/C11H14O2S2/c1-3-5-10(12-2)8-14-15-9-11-6-4-7-13-11/h3-7H,1,8-9H2,2H3/b10-5-. The SMILES string of the molecule is C=C/C=C(/CSSCc1ccco1)OC. The van der Waals surface area contributed by atoms with Crippen molar-refractivity contribution in [1.29, 1.82) is 0 Å². The van der Waals surface area contributed by atoms with Crippen LogP contribution in [0.5, 0.6) is 0 Å². The lowest BCUT2D eigenvalue weighted by Gasteiger charge is -2.03. The molecule has 0 unspecified atom stereocenters. The summed E-state index contributed by atoms with van der Waals surface area (Å²) in [5.74, 6) is 3.65. The summed E-state index contributed by atoms with van der Waals surface area (Å²) in [4.78, 5) is 0. The first-order valence-corrected chi connectivity index (χ1v) is 6.98. The van der Waals surface area contributed by atoms with Crippen LogP contribution < -0.4 is 0 Å². The predicted molar refractivity (Wildman–Crippen MR) is 67.8 cm³/mol. The number of allylic oxidation sites excluding steroid dienone is 2. The monoisotopic (exact) mass is 242 g/mol. The fourth-order valence-corrected chi connectivity index (χ4v) is 2.87. The minimum atomic E-state index is 0.841. The number of furan rings is 1. The minimum absolute atomic E-state index is 0.841. The van der Waals surface area contributed by atoms with Gasteiger partial charge in [-0.2, -0.15) is 0 Å². The van der Waals surface area contributed by atoms with E-state index in [0.717, 1.165) is 23.0 Å². The van der Waals surface area contributed by atoms with E-state index in [-0.39, 0.29) is 0 Å². The van der Waals surface area contributed by atoms with Crippen LogP contribution in [0.25, 0.3) is 0 Å². The highest BCUT2D eigenvalue weighted by Gasteiger charge is 1.99. The normalized spacial score (nSPS) is 11.4. The number of methoxy groups -OCH3 is 1. The molecule has 0 aromatic carbocycles.